The van der Waals surface area contributed by atoms with Crippen molar-refractivity contribution in [2.45, 2.75) is 46.2 Å². The van der Waals surface area contributed by atoms with E-state index in [9.17, 15) is 19.7 Å². The van der Waals surface area contributed by atoms with Gasteiger partial charge in [-0.15, -0.1) is 0 Å². The third-order valence-electron chi connectivity index (χ3n) is 4.99. The van der Waals surface area contributed by atoms with Crippen LogP contribution < -0.4 is 5.32 Å². The zero-order chi connectivity index (χ0) is 23.8. The Hall–Kier alpha value is -2.64. The van der Waals surface area contributed by atoms with Gasteiger partial charge in [-0.25, -0.2) is 0 Å². The lowest BCUT2D eigenvalue weighted by atomic mass is 10.0. The lowest BCUT2D eigenvalue weighted by Gasteiger charge is -2.31. The van der Waals surface area contributed by atoms with Gasteiger partial charge in [-0.2, -0.15) is 0 Å². The second kappa shape index (κ2) is 11.8. The zero-order valence-electron chi connectivity index (χ0n) is 18.3. The molecule has 0 saturated carbocycles. The van der Waals surface area contributed by atoms with Crippen LogP contribution in [0.1, 0.15) is 38.3 Å². The highest BCUT2D eigenvalue weighted by Gasteiger charge is 2.31. The average molecular weight is 480 g/mol. The molecule has 0 spiro atoms. The molecule has 2 rings (SSSR count). The number of amides is 2. The number of nitro groups is 1. The second-order valence-electron chi connectivity index (χ2n) is 7.85. The maximum atomic E-state index is 13.4. The molecule has 2 aromatic carbocycles. The van der Waals surface area contributed by atoms with Gasteiger partial charge in [0.05, 0.1) is 11.3 Å². The van der Waals surface area contributed by atoms with Crippen LogP contribution in [-0.2, 0) is 22.6 Å². The summed E-state index contributed by atoms with van der Waals surface area (Å²) in [7, 11) is 0. The molecular weight excluding hydrogens is 453 g/mol. The van der Waals surface area contributed by atoms with Crippen LogP contribution in [-0.4, -0.2) is 34.2 Å². The van der Waals surface area contributed by atoms with Crippen molar-refractivity contribution in [3.63, 3.8) is 0 Å². The van der Waals surface area contributed by atoms with E-state index in [-0.39, 0.29) is 36.0 Å². The summed E-state index contributed by atoms with van der Waals surface area (Å²) in [5, 5.41) is 15.0. The zero-order valence-corrected chi connectivity index (χ0v) is 19.8. The van der Waals surface area contributed by atoms with Crippen molar-refractivity contribution in [1.82, 2.24) is 10.2 Å². The monoisotopic (exact) mass is 479 g/mol. The fourth-order valence-corrected chi connectivity index (χ4v) is 3.82. The second-order valence-corrected chi connectivity index (χ2v) is 8.66. The number of nitrogens with zero attached hydrogens (tertiary/aromatic N) is 2. The fourth-order valence-electron chi connectivity index (χ4n) is 3.30. The summed E-state index contributed by atoms with van der Waals surface area (Å²) < 4.78 is 0. The Bertz CT molecular complexity index is 961. The van der Waals surface area contributed by atoms with Crippen molar-refractivity contribution in [3.8, 4) is 0 Å². The first-order valence-corrected chi connectivity index (χ1v) is 11.1. The number of rotatable bonds is 10. The molecule has 0 heterocycles. The van der Waals surface area contributed by atoms with Crippen LogP contribution in [0.5, 0.6) is 0 Å². The van der Waals surface area contributed by atoms with Crippen LogP contribution in [0.4, 0.5) is 5.69 Å². The highest BCUT2D eigenvalue weighted by Crippen LogP contribution is 2.28. The number of carbonyl (C=O) groups excluding carboxylic acids is 2. The quantitative estimate of drug-likeness (QED) is 0.382. The highest BCUT2D eigenvalue weighted by molar-refractivity contribution is 6.36. The van der Waals surface area contributed by atoms with E-state index in [1.807, 2.05) is 13.8 Å². The van der Waals surface area contributed by atoms with E-state index in [4.69, 9.17) is 23.2 Å². The number of hydrogen-bond donors (Lipinski definition) is 1. The van der Waals surface area contributed by atoms with Crippen molar-refractivity contribution in [3.05, 3.63) is 73.8 Å². The average Bonchev–Trinajstić information content (AvgIpc) is 2.74. The highest BCUT2D eigenvalue weighted by atomic mass is 35.5. The fraction of sp³-hybridized carbons (Fsp3) is 0.391. The van der Waals surface area contributed by atoms with Crippen LogP contribution in [0.25, 0.3) is 0 Å². The van der Waals surface area contributed by atoms with Gasteiger partial charge in [0.1, 0.15) is 6.04 Å². The van der Waals surface area contributed by atoms with Gasteiger partial charge in [0.15, 0.2) is 0 Å². The van der Waals surface area contributed by atoms with E-state index in [1.165, 1.54) is 17.0 Å². The third kappa shape index (κ3) is 6.68. The lowest BCUT2D eigenvalue weighted by Crippen LogP contribution is -2.50. The molecule has 0 aliphatic heterocycles. The van der Waals surface area contributed by atoms with Gasteiger partial charge in [-0.05, 0) is 24.5 Å². The van der Waals surface area contributed by atoms with E-state index < -0.39 is 16.9 Å². The molecule has 0 unspecified atom stereocenters. The molecule has 2 aromatic rings. The first-order valence-electron chi connectivity index (χ1n) is 10.4. The number of para-hydroxylation sites is 1. The number of nitro benzene ring substituents is 1. The van der Waals surface area contributed by atoms with Crippen molar-refractivity contribution in [2.75, 3.05) is 6.54 Å². The van der Waals surface area contributed by atoms with Crippen molar-refractivity contribution >= 4 is 40.7 Å². The first kappa shape index (κ1) is 25.6. The van der Waals surface area contributed by atoms with Gasteiger partial charge in [-0.3, -0.25) is 19.7 Å². The molecule has 1 atom stereocenters. The van der Waals surface area contributed by atoms with E-state index in [1.54, 1.807) is 37.3 Å². The molecule has 9 heteroatoms. The standard InChI is InChI=1S/C23H27Cl2N3O4/c1-4-20(23(30)26-13-15(2)3)27(14-17-18(24)9-7-10-19(17)25)22(29)12-16-8-5-6-11-21(16)28(31)32/h5-11,15,20H,4,12-14H2,1-3H3,(H,26,30)/t20-/m0/s1. The van der Waals surface area contributed by atoms with E-state index in [0.717, 1.165) is 0 Å². The Morgan fingerprint density at radius 3 is 2.28 bits per heavy atom. The predicted molar refractivity (Wildman–Crippen MR) is 126 cm³/mol. The largest absolute Gasteiger partial charge is 0.354 e. The molecule has 32 heavy (non-hydrogen) atoms. The molecule has 0 aromatic heterocycles. The van der Waals surface area contributed by atoms with Crippen molar-refractivity contribution in [1.29, 1.82) is 0 Å². The summed E-state index contributed by atoms with van der Waals surface area (Å²) in [4.78, 5) is 38.6. The van der Waals surface area contributed by atoms with Gasteiger partial charge < -0.3 is 10.2 Å². The topological polar surface area (TPSA) is 92.6 Å². The molecule has 7 nitrogen and oxygen atoms in total. The number of benzene rings is 2. The van der Waals surface area contributed by atoms with E-state index >= 15 is 0 Å². The van der Waals surface area contributed by atoms with Gasteiger partial charge in [-0.1, -0.05) is 68.2 Å². The van der Waals surface area contributed by atoms with Gasteiger partial charge in [0.25, 0.3) is 5.69 Å². The minimum absolute atomic E-state index is 0.00553. The molecule has 0 bridgehead atoms. The maximum Gasteiger partial charge on any atom is 0.273 e. The molecule has 0 aliphatic carbocycles. The normalized spacial score (nSPS) is 11.8. The van der Waals surface area contributed by atoms with Crippen LogP contribution >= 0.6 is 23.2 Å². The van der Waals surface area contributed by atoms with E-state index in [2.05, 4.69) is 5.32 Å². The number of nitrogens with one attached hydrogen (secondary N) is 1. The SMILES string of the molecule is CC[C@@H](C(=O)NCC(C)C)N(Cc1c(Cl)cccc1Cl)C(=O)Cc1ccccc1[N+](=O)[O-]. The summed E-state index contributed by atoms with van der Waals surface area (Å²) in [6, 6.07) is 10.3. The van der Waals surface area contributed by atoms with Crippen LogP contribution in [0.2, 0.25) is 10.0 Å². The molecule has 172 valence electrons. The molecule has 0 saturated heterocycles. The summed E-state index contributed by atoms with van der Waals surface area (Å²) >= 11 is 12.6. The van der Waals surface area contributed by atoms with Crippen LogP contribution in [0, 0.1) is 16.0 Å². The Balaban J connectivity index is 2.41. The minimum atomic E-state index is -0.781. The lowest BCUT2D eigenvalue weighted by molar-refractivity contribution is -0.385. The summed E-state index contributed by atoms with van der Waals surface area (Å²) in [6.07, 6.45) is 0.127. The number of carbonyl (C=O) groups is 2. The number of halogens is 2. The van der Waals surface area contributed by atoms with Gasteiger partial charge in [0.2, 0.25) is 11.8 Å². The Labute approximate surface area is 197 Å². The Morgan fingerprint density at radius 1 is 1.09 bits per heavy atom. The smallest absolute Gasteiger partial charge is 0.273 e. The Morgan fingerprint density at radius 2 is 1.72 bits per heavy atom. The first-order chi connectivity index (χ1) is 15.1. The maximum absolute atomic E-state index is 13.4. The van der Waals surface area contributed by atoms with Crippen LogP contribution in [0.3, 0.4) is 0 Å². The van der Waals surface area contributed by atoms with Gasteiger partial charge >= 0.3 is 0 Å². The molecule has 0 radical (unpaired) electrons. The molecule has 0 aliphatic rings. The van der Waals surface area contributed by atoms with Crippen molar-refractivity contribution < 1.29 is 14.5 Å². The van der Waals surface area contributed by atoms with Crippen LogP contribution in [0.15, 0.2) is 42.5 Å². The third-order valence-corrected chi connectivity index (χ3v) is 5.70. The summed E-state index contributed by atoms with van der Waals surface area (Å²) in [6.45, 7) is 6.23. The minimum Gasteiger partial charge on any atom is -0.354 e. The van der Waals surface area contributed by atoms with Crippen molar-refractivity contribution in [2.24, 2.45) is 5.92 Å². The Kier molecular flexibility index (Phi) is 9.47. The predicted octanol–water partition coefficient (Wildman–Crippen LogP) is 5.02. The summed E-state index contributed by atoms with van der Waals surface area (Å²) in [5.41, 5.74) is 0.644. The molecule has 1 N–H and O–H groups in total. The molecular formula is C23H27Cl2N3O4. The molecule has 0 fully saturated rings. The molecule has 2 amide bonds. The number of hydrogen-bond acceptors (Lipinski definition) is 4. The van der Waals surface area contributed by atoms with Gasteiger partial charge in [0, 0.05) is 40.3 Å². The van der Waals surface area contributed by atoms with E-state index in [0.29, 0.717) is 28.6 Å². The summed E-state index contributed by atoms with van der Waals surface area (Å²) in [5.74, 6) is -0.479.